The Morgan fingerprint density at radius 2 is 1.85 bits per heavy atom. The summed E-state index contributed by atoms with van der Waals surface area (Å²) in [5, 5.41) is 4.13. The second-order valence-corrected chi connectivity index (χ2v) is 7.83. The molecule has 10 nitrogen and oxygen atoms in total. The number of hydrogen-bond acceptors (Lipinski definition) is 7. The van der Waals surface area contributed by atoms with Gasteiger partial charge in [-0.05, 0) is 49.6 Å². The molecule has 0 radical (unpaired) electrons. The van der Waals surface area contributed by atoms with Gasteiger partial charge in [0.1, 0.15) is 5.75 Å². The number of para-hydroxylation sites is 1. The first-order chi connectivity index (χ1) is 16.1. The van der Waals surface area contributed by atoms with Crippen LogP contribution in [0.2, 0.25) is 0 Å². The van der Waals surface area contributed by atoms with Crippen LogP contribution in [0.5, 0.6) is 5.75 Å². The number of carbonyl (C=O) groups excluding carboxylic acids is 1. The fourth-order valence-corrected chi connectivity index (χ4v) is 3.98. The van der Waals surface area contributed by atoms with Crippen molar-refractivity contribution >= 4 is 16.9 Å². The summed E-state index contributed by atoms with van der Waals surface area (Å²) in [5.41, 5.74) is 0.0774. The summed E-state index contributed by atoms with van der Waals surface area (Å²) >= 11 is 0. The number of nitrogens with one attached hydrogen (secondary N) is 2. The average Bonchev–Trinajstić information content (AvgIpc) is 3.34. The number of piperidine rings is 1. The van der Waals surface area contributed by atoms with E-state index >= 15 is 0 Å². The summed E-state index contributed by atoms with van der Waals surface area (Å²) < 4.78 is 11.1. The minimum atomic E-state index is -0.736. The standard InChI is InChI=1S/C23H21N5O5/c29-19(13-32-15-6-2-1-3-7-15)28-11-5-4-8-18(28)20-26-23(33-27-20)14-9-10-16-17(12-14)25-22(31)21(30)24-16/h1-3,6-7,9-10,12,18H,4-5,8,11,13H2,(H,24,30)(H,25,31). The molecule has 33 heavy (non-hydrogen) atoms. The molecule has 2 aromatic carbocycles. The molecule has 1 aliphatic rings. The van der Waals surface area contributed by atoms with Crippen LogP contribution in [0.25, 0.3) is 22.5 Å². The molecule has 1 unspecified atom stereocenters. The third-order valence-electron chi connectivity index (χ3n) is 5.64. The summed E-state index contributed by atoms with van der Waals surface area (Å²) in [6.07, 6.45) is 2.57. The van der Waals surface area contributed by atoms with Gasteiger partial charge < -0.3 is 24.1 Å². The summed E-state index contributed by atoms with van der Waals surface area (Å²) in [7, 11) is 0. The number of likely N-dealkylation sites (tertiary alicyclic amines) is 1. The summed E-state index contributed by atoms with van der Waals surface area (Å²) in [5.74, 6) is 1.18. The highest BCUT2D eigenvalue weighted by atomic mass is 16.5. The van der Waals surface area contributed by atoms with E-state index in [9.17, 15) is 14.4 Å². The smallest absolute Gasteiger partial charge is 0.314 e. The van der Waals surface area contributed by atoms with Crippen LogP contribution in [0.1, 0.15) is 31.1 Å². The first kappa shape index (κ1) is 20.7. The van der Waals surface area contributed by atoms with Crippen molar-refractivity contribution in [1.82, 2.24) is 25.0 Å². The van der Waals surface area contributed by atoms with Gasteiger partial charge in [-0.15, -0.1) is 0 Å². The third-order valence-corrected chi connectivity index (χ3v) is 5.64. The quantitative estimate of drug-likeness (QED) is 0.449. The Balaban J connectivity index is 1.36. The monoisotopic (exact) mass is 447 g/mol. The maximum absolute atomic E-state index is 12.9. The van der Waals surface area contributed by atoms with E-state index < -0.39 is 11.1 Å². The number of ether oxygens (including phenoxy) is 1. The molecule has 3 heterocycles. The summed E-state index contributed by atoms with van der Waals surface area (Å²) in [6.45, 7) is 0.525. The van der Waals surface area contributed by atoms with E-state index in [-0.39, 0.29) is 24.4 Å². The van der Waals surface area contributed by atoms with Crippen LogP contribution in [0, 0.1) is 0 Å². The largest absolute Gasteiger partial charge is 0.484 e. The molecule has 1 amide bonds. The van der Waals surface area contributed by atoms with E-state index in [4.69, 9.17) is 9.26 Å². The lowest BCUT2D eigenvalue weighted by molar-refractivity contribution is -0.137. The van der Waals surface area contributed by atoms with Crippen LogP contribution >= 0.6 is 0 Å². The first-order valence-corrected chi connectivity index (χ1v) is 10.7. The highest BCUT2D eigenvalue weighted by Crippen LogP contribution is 2.31. The maximum Gasteiger partial charge on any atom is 0.314 e. The molecule has 168 valence electrons. The average molecular weight is 447 g/mol. The number of nitrogens with zero attached hydrogens (tertiary/aromatic N) is 3. The fraction of sp³-hybridized carbons (Fsp3) is 0.261. The van der Waals surface area contributed by atoms with E-state index in [0.717, 1.165) is 19.3 Å². The van der Waals surface area contributed by atoms with Crippen LogP contribution in [-0.4, -0.2) is 44.1 Å². The lowest BCUT2D eigenvalue weighted by Crippen LogP contribution is -2.41. The van der Waals surface area contributed by atoms with Gasteiger partial charge >= 0.3 is 11.1 Å². The Labute approximate surface area is 187 Å². The third kappa shape index (κ3) is 4.27. The minimum Gasteiger partial charge on any atom is -0.484 e. The van der Waals surface area contributed by atoms with Crippen molar-refractivity contribution in [3.63, 3.8) is 0 Å². The van der Waals surface area contributed by atoms with Gasteiger partial charge in [0.15, 0.2) is 12.4 Å². The van der Waals surface area contributed by atoms with Gasteiger partial charge in [0, 0.05) is 12.1 Å². The molecule has 0 saturated carbocycles. The first-order valence-electron chi connectivity index (χ1n) is 10.7. The molecule has 2 N–H and O–H groups in total. The van der Waals surface area contributed by atoms with Crippen LogP contribution in [-0.2, 0) is 4.79 Å². The Hall–Kier alpha value is -4.21. The number of H-pyrrole nitrogens is 2. The molecule has 1 aliphatic heterocycles. The second kappa shape index (κ2) is 8.73. The molecule has 1 atom stereocenters. The van der Waals surface area contributed by atoms with E-state index in [1.54, 1.807) is 35.2 Å². The Kier molecular flexibility index (Phi) is 5.47. The minimum absolute atomic E-state index is 0.0680. The zero-order valence-electron chi connectivity index (χ0n) is 17.6. The number of carbonyl (C=O) groups is 1. The predicted octanol–water partition coefficient (Wildman–Crippen LogP) is 2.40. The van der Waals surface area contributed by atoms with Crippen molar-refractivity contribution in [2.24, 2.45) is 0 Å². The lowest BCUT2D eigenvalue weighted by Gasteiger charge is -2.33. The van der Waals surface area contributed by atoms with Gasteiger partial charge in [-0.25, -0.2) is 0 Å². The molecule has 2 aromatic heterocycles. The molecule has 0 bridgehead atoms. The van der Waals surface area contributed by atoms with Gasteiger partial charge in [0.2, 0.25) is 0 Å². The number of aromatic nitrogens is 4. The highest BCUT2D eigenvalue weighted by Gasteiger charge is 2.32. The molecule has 1 fully saturated rings. The molecule has 4 aromatic rings. The molecular weight excluding hydrogens is 426 g/mol. The molecule has 0 spiro atoms. The SMILES string of the molecule is O=C(COc1ccccc1)N1CCCCC1c1noc(-c2ccc3[nH]c(=O)c(=O)[nH]c3c2)n1. The van der Waals surface area contributed by atoms with Crippen LogP contribution in [0.15, 0.2) is 62.6 Å². The van der Waals surface area contributed by atoms with Crippen LogP contribution in [0.4, 0.5) is 0 Å². The van der Waals surface area contributed by atoms with Gasteiger partial charge in [-0.2, -0.15) is 4.98 Å². The van der Waals surface area contributed by atoms with Crippen LogP contribution in [0.3, 0.4) is 0 Å². The topological polar surface area (TPSA) is 134 Å². The van der Waals surface area contributed by atoms with Crippen LogP contribution < -0.4 is 15.9 Å². The van der Waals surface area contributed by atoms with Crippen molar-refractivity contribution in [2.45, 2.75) is 25.3 Å². The number of hydrogen-bond donors (Lipinski definition) is 2. The van der Waals surface area contributed by atoms with E-state index in [0.29, 0.717) is 34.7 Å². The van der Waals surface area contributed by atoms with E-state index in [1.165, 1.54) is 0 Å². The number of amides is 1. The van der Waals surface area contributed by atoms with Crippen molar-refractivity contribution in [1.29, 1.82) is 0 Å². The van der Waals surface area contributed by atoms with E-state index in [2.05, 4.69) is 20.1 Å². The van der Waals surface area contributed by atoms with Gasteiger partial charge in [0.25, 0.3) is 11.8 Å². The van der Waals surface area contributed by atoms with Gasteiger partial charge in [0.05, 0.1) is 17.1 Å². The zero-order chi connectivity index (χ0) is 22.8. The normalized spacial score (nSPS) is 16.1. The second-order valence-electron chi connectivity index (χ2n) is 7.83. The Morgan fingerprint density at radius 1 is 1.06 bits per heavy atom. The molecule has 1 saturated heterocycles. The molecule has 10 heteroatoms. The van der Waals surface area contributed by atoms with Crippen molar-refractivity contribution in [2.75, 3.05) is 13.2 Å². The summed E-state index contributed by atoms with van der Waals surface area (Å²) in [6, 6.07) is 13.9. The molecular formula is C23H21N5O5. The Bertz CT molecular complexity index is 1410. The number of rotatable bonds is 5. The molecule has 5 rings (SSSR count). The highest BCUT2D eigenvalue weighted by molar-refractivity contribution is 5.79. The van der Waals surface area contributed by atoms with Gasteiger partial charge in [-0.3, -0.25) is 14.4 Å². The van der Waals surface area contributed by atoms with Crippen molar-refractivity contribution in [3.05, 3.63) is 75.1 Å². The van der Waals surface area contributed by atoms with Gasteiger partial charge in [-0.1, -0.05) is 23.4 Å². The number of fused-ring (bicyclic) bond motifs is 1. The zero-order valence-corrected chi connectivity index (χ0v) is 17.6. The fourth-order valence-electron chi connectivity index (χ4n) is 3.98. The molecule has 0 aliphatic carbocycles. The number of benzene rings is 2. The lowest BCUT2D eigenvalue weighted by atomic mass is 10.0. The Morgan fingerprint density at radius 3 is 2.67 bits per heavy atom. The maximum atomic E-state index is 12.9. The summed E-state index contributed by atoms with van der Waals surface area (Å²) in [4.78, 5) is 47.3. The van der Waals surface area contributed by atoms with Crippen molar-refractivity contribution < 1.29 is 14.1 Å². The van der Waals surface area contributed by atoms with E-state index in [1.807, 2.05) is 18.2 Å². The number of aromatic amines is 2. The predicted molar refractivity (Wildman–Crippen MR) is 119 cm³/mol. The van der Waals surface area contributed by atoms with Crippen molar-refractivity contribution in [3.8, 4) is 17.2 Å².